The van der Waals surface area contributed by atoms with Gasteiger partial charge in [0.15, 0.2) is 6.10 Å². The molecule has 1 amide bonds. The highest BCUT2D eigenvalue weighted by atomic mass is 35.5. The molecule has 2 heterocycles. The molecule has 0 bridgehead atoms. The third-order valence-corrected chi connectivity index (χ3v) is 6.39. The van der Waals surface area contributed by atoms with Gasteiger partial charge in [0.1, 0.15) is 0 Å². The number of halogens is 4. The van der Waals surface area contributed by atoms with Crippen LogP contribution < -0.4 is 0 Å². The molecule has 3 rings (SSSR count). The van der Waals surface area contributed by atoms with Gasteiger partial charge in [-0.15, -0.1) is 0 Å². The quantitative estimate of drug-likeness (QED) is 0.690. The predicted octanol–water partition coefficient (Wildman–Crippen LogP) is 5.02. The summed E-state index contributed by atoms with van der Waals surface area (Å²) in [5.41, 5.74) is 2.42. The van der Waals surface area contributed by atoms with Gasteiger partial charge in [-0.05, 0) is 62.3 Å². The Morgan fingerprint density at radius 3 is 2.50 bits per heavy atom. The zero-order chi connectivity index (χ0) is 20.5. The number of carbonyl (C=O) groups excluding carboxylic acids is 1. The molecule has 1 unspecified atom stereocenters. The molecule has 2 aliphatic rings. The van der Waals surface area contributed by atoms with Gasteiger partial charge in [-0.25, -0.2) is 4.79 Å². The Morgan fingerprint density at radius 1 is 1.25 bits per heavy atom. The number of ether oxygens (including phenoxy) is 1. The van der Waals surface area contributed by atoms with Crippen LogP contribution in [-0.2, 0) is 11.3 Å². The molecular formula is C20H26ClF3N2O2. The van der Waals surface area contributed by atoms with Crippen molar-refractivity contribution < 1.29 is 22.7 Å². The summed E-state index contributed by atoms with van der Waals surface area (Å²) in [6.07, 6.45) is -4.86. The van der Waals surface area contributed by atoms with Crippen LogP contribution in [0.2, 0.25) is 5.02 Å². The largest absolute Gasteiger partial charge is 0.437 e. The summed E-state index contributed by atoms with van der Waals surface area (Å²) in [4.78, 5) is 15.8. The monoisotopic (exact) mass is 418 g/mol. The van der Waals surface area contributed by atoms with E-state index in [-0.39, 0.29) is 5.41 Å². The number of nitrogens with zero attached hydrogens (tertiary/aromatic N) is 2. The van der Waals surface area contributed by atoms with Crippen molar-refractivity contribution in [3.8, 4) is 0 Å². The molecule has 1 spiro atoms. The number of likely N-dealkylation sites (tertiary alicyclic amines) is 2. The van der Waals surface area contributed by atoms with Crippen molar-refractivity contribution in [2.45, 2.75) is 51.9 Å². The molecule has 0 aromatic heterocycles. The average molecular weight is 419 g/mol. The standard InChI is InChI=1S/C20H26ClF3N2O2/c1-14-11-16(3-4-17(14)21)12-25-8-5-19(13-25)6-9-26(10-7-19)18(27)28-15(2)20(22,23)24/h3-4,11,15H,5-10,12-13H2,1-2H3. The first-order valence-electron chi connectivity index (χ1n) is 9.58. The molecule has 0 aliphatic carbocycles. The fraction of sp³-hybridized carbons (Fsp3) is 0.650. The van der Waals surface area contributed by atoms with Crippen LogP contribution in [0.5, 0.6) is 0 Å². The van der Waals surface area contributed by atoms with E-state index < -0.39 is 18.4 Å². The summed E-state index contributed by atoms with van der Waals surface area (Å²) in [5, 5.41) is 0.765. The van der Waals surface area contributed by atoms with Crippen molar-refractivity contribution in [2.24, 2.45) is 5.41 Å². The van der Waals surface area contributed by atoms with Crippen LogP contribution in [0.15, 0.2) is 18.2 Å². The number of amides is 1. The van der Waals surface area contributed by atoms with Crippen molar-refractivity contribution in [3.63, 3.8) is 0 Å². The first kappa shape index (κ1) is 21.2. The van der Waals surface area contributed by atoms with E-state index in [2.05, 4.69) is 15.7 Å². The normalized spacial score (nSPS) is 21.1. The number of hydrogen-bond acceptors (Lipinski definition) is 3. The van der Waals surface area contributed by atoms with Gasteiger partial charge in [-0.3, -0.25) is 4.90 Å². The summed E-state index contributed by atoms with van der Waals surface area (Å²) < 4.78 is 42.3. The van der Waals surface area contributed by atoms with Gasteiger partial charge in [-0.2, -0.15) is 13.2 Å². The van der Waals surface area contributed by atoms with Crippen LogP contribution >= 0.6 is 11.6 Å². The first-order chi connectivity index (χ1) is 13.1. The lowest BCUT2D eigenvalue weighted by Gasteiger charge is -2.39. The molecule has 1 aromatic carbocycles. The van der Waals surface area contributed by atoms with Crippen LogP contribution in [0.4, 0.5) is 18.0 Å². The summed E-state index contributed by atoms with van der Waals surface area (Å²) in [6.45, 7) is 6.51. The first-order valence-corrected chi connectivity index (χ1v) is 9.95. The number of carbonyl (C=O) groups is 1. The highest BCUT2D eigenvalue weighted by Crippen LogP contribution is 2.41. The summed E-state index contributed by atoms with van der Waals surface area (Å²) in [7, 11) is 0. The SMILES string of the molecule is Cc1cc(CN2CCC3(CCN(C(=O)OC(C)C(F)(F)F)CC3)C2)ccc1Cl. The molecule has 156 valence electrons. The molecule has 1 atom stereocenters. The van der Waals surface area contributed by atoms with Crippen LogP contribution in [0.1, 0.15) is 37.3 Å². The van der Waals surface area contributed by atoms with Crippen molar-refractivity contribution >= 4 is 17.7 Å². The Labute approximate surface area is 168 Å². The van der Waals surface area contributed by atoms with Crippen molar-refractivity contribution in [2.75, 3.05) is 26.2 Å². The second kappa shape index (κ2) is 8.11. The maximum Gasteiger partial charge on any atom is 0.425 e. The van der Waals surface area contributed by atoms with E-state index >= 15 is 0 Å². The van der Waals surface area contributed by atoms with Gasteiger partial charge in [0, 0.05) is 31.2 Å². The maximum absolute atomic E-state index is 12.6. The fourth-order valence-corrected chi connectivity index (χ4v) is 4.21. The number of benzene rings is 1. The van der Waals surface area contributed by atoms with E-state index in [0.717, 1.165) is 56.4 Å². The maximum atomic E-state index is 12.6. The smallest absolute Gasteiger partial charge is 0.425 e. The van der Waals surface area contributed by atoms with E-state index in [0.29, 0.717) is 13.1 Å². The number of piperidine rings is 1. The van der Waals surface area contributed by atoms with Crippen molar-refractivity contribution in [1.82, 2.24) is 9.80 Å². The van der Waals surface area contributed by atoms with Gasteiger partial charge in [0.05, 0.1) is 0 Å². The van der Waals surface area contributed by atoms with Gasteiger partial charge in [0.2, 0.25) is 0 Å². The number of alkyl halides is 3. The molecule has 2 saturated heterocycles. The minimum absolute atomic E-state index is 0.133. The van der Waals surface area contributed by atoms with Crippen LogP contribution in [0, 0.1) is 12.3 Å². The van der Waals surface area contributed by atoms with Gasteiger partial charge < -0.3 is 9.64 Å². The zero-order valence-electron chi connectivity index (χ0n) is 16.2. The minimum atomic E-state index is -4.53. The topological polar surface area (TPSA) is 32.8 Å². The Balaban J connectivity index is 1.50. The van der Waals surface area contributed by atoms with Crippen molar-refractivity contribution in [3.05, 3.63) is 34.3 Å². The molecular weight excluding hydrogens is 393 g/mol. The number of hydrogen-bond donors (Lipinski definition) is 0. The van der Waals surface area contributed by atoms with Crippen molar-refractivity contribution in [1.29, 1.82) is 0 Å². The molecule has 4 nitrogen and oxygen atoms in total. The van der Waals surface area contributed by atoms with E-state index in [9.17, 15) is 18.0 Å². The predicted molar refractivity (Wildman–Crippen MR) is 101 cm³/mol. The Bertz CT molecular complexity index is 718. The Kier molecular flexibility index (Phi) is 6.15. The third-order valence-electron chi connectivity index (χ3n) is 5.97. The number of rotatable bonds is 3. The van der Waals surface area contributed by atoms with Gasteiger partial charge in [-0.1, -0.05) is 23.7 Å². The molecule has 0 radical (unpaired) electrons. The van der Waals surface area contributed by atoms with E-state index in [1.54, 1.807) is 0 Å². The third kappa shape index (κ3) is 4.92. The molecule has 2 fully saturated rings. The lowest BCUT2D eigenvalue weighted by atomic mass is 9.78. The van der Waals surface area contributed by atoms with E-state index in [1.165, 1.54) is 10.5 Å². The summed E-state index contributed by atoms with van der Waals surface area (Å²) in [5.74, 6) is 0. The summed E-state index contributed by atoms with van der Waals surface area (Å²) >= 11 is 6.09. The summed E-state index contributed by atoms with van der Waals surface area (Å²) in [6, 6.07) is 6.07. The molecule has 2 aliphatic heterocycles. The fourth-order valence-electron chi connectivity index (χ4n) is 4.09. The second-order valence-corrected chi connectivity index (χ2v) is 8.51. The molecule has 0 N–H and O–H groups in total. The van der Waals surface area contributed by atoms with Crippen LogP contribution in [0.25, 0.3) is 0 Å². The van der Waals surface area contributed by atoms with Gasteiger partial charge in [0.25, 0.3) is 0 Å². The number of aryl methyl sites for hydroxylation is 1. The molecule has 8 heteroatoms. The van der Waals surface area contributed by atoms with Crippen LogP contribution in [-0.4, -0.2) is 54.4 Å². The zero-order valence-corrected chi connectivity index (χ0v) is 16.9. The Hall–Kier alpha value is -1.47. The lowest BCUT2D eigenvalue weighted by Crippen LogP contribution is -2.46. The van der Waals surface area contributed by atoms with Gasteiger partial charge >= 0.3 is 12.3 Å². The molecule has 28 heavy (non-hydrogen) atoms. The second-order valence-electron chi connectivity index (χ2n) is 8.10. The molecule has 1 aromatic rings. The highest BCUT2D eigenvalue weighted by molar-refractivity contribution is 6.31. The van der Waals surface area contributed by atoms with E-state index in [4.69, 9.17) is 11.6 Å². The average Bonchev–Trinajstić information content (AvgIpc) is 3.00. The lowest BCUT2D eigenvalue weighted by molar-refractivity contribution is -0.200. The molecule has 0 saturated carbocycles. The van der Waals surface area contributed by atoms with Crippen LogP contribution in [0.3, 0.4) is 0 Å². The Morgan fingerprint density at radius 2 is 1.89 bits per heavy atom. The minimum Gasteiger partial charge on any atom is -0.437 e. The van der Waals surface area contributed by atoms with E-state index in [1.807, 2.05) is 19.1 Å². The highest BCUT2D eigenvalue weighted by Gasteiger charge is 2.43.